The van der Waals surface area contributed by atoms with Crippen molar-refractivity contribution in [2.45, 2.75) is 26.3 Å². The molecule has 1 saturated heterocycles. The van der Waals surface area contributed by atoms with Gasteiger partial charge in [0.05, 0.1) is 0 Å². The summed E-state index contributed by atoms with van der Waals surface area (Å²) < 4.78 is 0. The number of carbonyl (C=O) groups excluding carboxylic acids is 2. The van der Waals surface area contributed by atoms with Gasteiger partial charge < -0.3 is 9.80 Å². The predicted molar refractivity (Wildman–Crippen MR) is 103 cm³/mol. The second-order valence-electron chi connectivity index (χ2n) is 7.23. The van der Waals surface area contributed by atoms with Crippen LogP contribution in [-0.4, -0.2) is 41.8 Å². The highest BCUT2D eigenvalue weighted by Gasteiger charge is 2.23. The highest BCUT2D eigenvalue weighted by molar-refractivity contribution is 5.99. The lowest BCUT2D eigenvalue weighted by atomic mass is 9.99. The van der Waals surface area contributed by atoms with E-state index in [1.807, 2.05) is 35.2 Å². The first kappa shape index (κ1) is 18.2. The molecular formula is C22H26N2O2. The fraction of sp³-hybridized carbons (Fsp3) is 0.364. The zero-order valence-corrected chi connectivity index (χ0v) is 15.5. The molecule has 26 heavy (non-hydrogen) atoms. The number of piperidine rings is 1. The highest BCUT2D eigenvalue weighted by Crippen LogP contribution is 2.19. The molecule has 136 valence electrons. The van der Waals surface area contributed by atoms with Gasteiger partial charge in [0, 0.05) is 37.8 Å². The van der Waals surface area contributed by atoms with Crippen LogP contribution in [0.5, 0.6) is 0 Å². The molecule has 0 aliphatic carbocycles. The van der Waals surface area contributed by atoms with Gasteiger partial charge in [-0.25, -0.2) is 0 Å². The van der Waals surface area contributed by atoms with E-state index in [9.17, 15) is 9.59 Å². The summed E-state index contributed by atoms with van der Waals surface area (Å²) in [6.07, 6.45) is 2.22. The highest BCUT2D eigenvalue weighted by atomic mass is 16.2. The number of nitrogens with zero attached hydrogens (tertiary/aromatic N) is 2. The van der Waals surface area contributed by atoms with E-state index in [4.69, 9.17) is 0 Å². The largest absolute Gasteiger partial charge is 0.338 e. The molecule has 0 spiro atoms. The van der Waals surface area contributed by atoms with Gasteiger partial charge >= 0.3 is 0 Å². The maximum atomic E-state index is 12.8. The summed E-state index contributed by atoms with van der Waals surface area (Å²) in [5.74, 6) is 0.488. The molecule has 4 heteroatoms. The van der Waals surface area contributed by atoms with E-state index in [0.29, 0.717) is 23.6 Å². The Morgan fingerprint density at radius 3 is 2.54 bits per heavy atom. The molecule has 1 aliphatic heterocycles. The summed E-state index contributed by atoms with van der Waals surface area (Å²) in [6, 6.07) is 17.0. The van der Waals surface area contributed by atoms with E-state index >= 15 is 0 Å². The number of hydrogen-bond acceptors (Lipinski definition) is 2. The van der Waals surface area contributed by atoms with E-state index in [2.05, 4.69) is 6.92 Å². The number of carbonyl (C=O) groups is 2. The van der Waals surface area contributed by atoms with Gasteiger partial charge in [0.2, 0.25) is 0 Å². The normalized spacial score (nSPS) is 17.0. The fourth-order valence-corrected chi connectivity index (χ4v) is 3.49. The van der Waals surface area contributed by atoms with Gasteiger partial charge in [0.15, 0.2) is 0 Å². The predicted octanol–water partition coefficient (Wildman–Crippen LogP) is 3.83. The number of hydrogen-bond donors (Lipinski definition) is 0. The molecule has 2 amide bonds. The molecule has 4 nitrogen and oxygen atoms in total. The van der Waals surface area contributed by atoms with Gasteiger partial charge in [-0.2, -0.15) is 0 Å². The molecule has 0 radical (unpaired) electrons. The first-order chi connectivity index (χ1) is 12.5. The Morgan fingerprint density at radius 2 is 1.81 bits per heavy atom. The number of benzene rings is 2. The van der Waals surface area contributed by atoms with Crippen LogP contribution in [0.3, 0.4) is 0 Å². The van der Waals surface area contributed by atoms with Gasteiger partial charge in [-0.05, 0) is 42.5 Å². The first-order valence-corrected chi connectivity index (χ1v) is 9.23. The molecule has 1 fully saturated rings. The Labute approximate surface area is 155 Å². The topological polar surface area (TPSA) is 40.6 Å². The average molecular weight is 350 g/mol. The third kappa shape index (κ3) is 4.31. The van der Waals surface area contributed by atoms with Crippen LogP contribution < -0.4 is 0 Å². The van der Waals surface area contributed by atoms with Crippen LogP contribution in [0.2, 0.25) is 0 Å². The molecule has 0 saturated carbocycles. The fourth-order valence-electron chi connectivity index (χ4n) is 3.49. The number of likely N-dealkylation sites (tertiary alicyclic amines) is 1. The molecule has 0 bridgehead atoms. The van der Waals surface area contributed by atoms with Crippen molar-refractivity contribution < 1.29 is 9.59 Å². The van der Waals surface area contributed by atoms with E-state index in [-0.39, 0.29) is 11.8 Å². The van der Waals surface area contributed by atoms with E-state index in [0.717, 1.165) is 25.1 Å². The quantitative estimate of drug-likeness (QED) is 0.841. The minimum Gasteiger partial charge on any atom is -0.338 e. The number of amides is 2. The molecule has 0 N–H and O–H groups in total. The van der Waals surface area contributed by atoms with Crippen LogP contribution in [0.4, 0.5) is 0 Å². The SMILES string of the molecule is CC1CCCN(C(=O)c2cccc(C(=O)N(C)Cc3ccccc3)c2)C1. The Hall–Kier alpha value is -2.62. The summed E-state index contributed by atoms with van der Waals surface area (Å²) in [6.45, 7) is 4.32. The number of rotatable bonds is 4. The first-order valence-electron chi connectivity index (χ1n) is 9.23. The van der Waals surface area contributed by atoms with Gasteiger partial charge in [-0.15, -0.1) is 0 Å². The van der Waals surface area contributed by atoms with Crippen molar-refractivity contribution in [1.82, 2.24) is 9.80 Å². The van der Waals surface area contributed by atoms with Gasteiger partial charge in [0.25, 0.3) is 11.8 Å². The van der Waals surface area contributed by atoms with Gasteiger partial charge in [0.1, 0.15) is 0 Å². The Bertz CT molecular complexity index is 773. The molecule has 3 rings (SSSR count). The van der Waals surface area contributed by atoms with Crippen molar-refractivity contribution in [2.75, 3.05) is 20.1 Å². The van der Waals surface area contributed by atoms with Crippen LogP contribution in [0.25, 0.3) is 0 Å². The van der Waals surface area contributed by atoms with Crippen molar-refractivity contribution in [1.29, 1.82) is 0 Å². The molecule has 0 aromatic heterocycles. The van der Waals surface area contributed by atoms with Crippen molar-refractivity contribution >= 4 is 11.8 Å². The van der Waals surface area contributed by atoms with Crippen molar-refractivity contribution in [3.63, 3.8) is 0 Å². The smallest absolute Gasteiger partial charge is 0.253 e. The summed E-state index contributed by atoms with van der Waals surface area (Å²) in [5.41, 5.74) is 2.23. The lowest BCUT2D eigenvalue weighted by Gasteiger charge is -2.31. The summed E-state index contributed by atoms with van der Waals surface area (Å²) in [7, 11) is 1.79. The van der Waals surface area contributed by atoms with E-state index in [1.54, 1.807) is 36.2 Å². The third-order valence-corrected chi connectivity index (χ3v) is 4.91. The Kier molecular flexibility index (Phi) is 5.71. The molecule has 1 unspecified atom stereocenters. The second kappa shape index (κ2) is 8.17. The van der Waals surface area contributed by atoms with Gasteiger partial charge in [-0.3, -0.25) is 9.59 Å². The Morgan fingerprint density at radius 1 is 1.08 bits per heavy atom. The Balaban J connectivity index is 1.71. The molecule has 2 aromatic rings. The van der Waals surface area contributed by atoms with Gasteiger partial charge in [-0.1, -0.05) is 43.3 Å². The molecule has 1 heterocycles. The third-order valence-electron chi connectivity index (χ3n) is 4.91. The van der Waals surface area contributed by atoms with Crippen molar-refractivity contribution in [3.8, 4) is 0 Å². The minimum atomic E-state index is -0.0736. The molecule has 1 aliphatic rings. The van der Waals surface area contributed by atoms with Crippen LogP contribution in [0, 0.1) is 5.92 Å². The van der Waals surface area contributed by atoms with Crippen LogP contribution in [-0.2, 0) is 6.54 Å². The zero-order chi connectivity index (χ0) is 18.5. The molecule has 1 atom stereocenters. The van der Waals surface area contributed by atoms with Crippen LogP contribution in [0.1, 0.15) is 46.0 Å². The summed E-state index contributed by atoms with van der Waals surface area (Å²) >= 11 is 0. The standard InChI is InChI=1S/C22H26N2O2/c1-17-8-7-13-24(15-17)22(26)20-12-6-11-19(14-20)21(25)23(2)16-18-9-4-3-5-10-18/h3-6,9-12,14,17H,7-8,13,15-16H2,1-2H3. The zero-order valence-electron chi connectivity index (χ0n) is 15.5. The monoisotopic (exact) mass is 350 g/mol. The summed E-state index contributed by atoms with van der Waals surface area (Å²) in [4.78, 5) is 29.1. The van der Waals surface area contributed by atoms with Crippen LogP contribution in [0.15, 0.2) is 54.6 Å². The van der Waals surface area contributed by atoms with E-state index in [1.165, 1.54) is 6.42 Å². The maximum Gasteiger partial charge on any atom is 0.253 e. The minimum absolute atomic E-state index is 0.0249. The molecule has 2 aromatic carbocycles. The average Bonchev–Trinajstić information content (AvgIpc) is 2.67. The van der Waals surface area contributed by atoms with E-state index < -0.39 is 0 Å². The maximum absolute atomic E-state index is 12.8. The molecular weight excluding hydrogens is 324 g/mol. The summed E-state index contributed by atoms with van der Waals surface area (Å²) in [5, 5.41) is 0. The van der Waals surface area contributed by atoms with Crippen molar-refractivity contribution in [2.24, 2.45) is 5.92 Å². The van der Waals surface area contributed by atoms with Crippen LogP contribution >= 0.6 is 0 Å². The lowest BCUT2D eigenvalue weighted by molar-refractivity contribution is 0.0683. The lowest BCUT2D eigenvalue weighted by Crippen LogP contribution is -2.39. The van der Waals surface area contributed by atoms with Crippen molar-refractivity contribution in [3.05, 3.63) is 71.3 Å². The second-order valence-corrected chi connectivity index (χ2v) is 7.23.